The summed E-state index contributed by atoms with van der Waals surface area (Å²) in [7, 11) is 0. The average molecular weight is 280 g/mol. The fraction of sp³-hybridized carbons (Fsp3) is 0.500. The number of aromatic nitrogens is 2. The van der Waals surface area contributed by atoms with Gasteiger partial charge in [0.2, 0.25) is 5.82 Å². The predicted molar refractivity (Wildman–Crippen MR) is 72.8 cm³/mol. The second-order valence-corrected chi connectivity index (χ2v) is 5.33. The molecule has 0 aromatic carbocycles. The van der Waals surface area contributed by atoms with Gasteiger partial charge in [-0.2, -0.15) is 4.98 Å². The van der Waals surface area contributed by atoms with Crippen LogP contribution in [-0.4, -0.2) is 41.3 Å². The molecule has 102 valence electrons. The van der Waals surface area contributed by atoms with Crippen LogP contribution in [0.15, 0.2) is 16.0 Å². The zero-order chi connectivity index (χ0) is 13.2. The molecule has 0 saturated carbocycles. The third kappa shape index (κ3) is 2.49. The molecule has 0 bridgehead atoms. The number of anilines is 1. The molecule has 0 radical (unpaired) electrons. The number of rotatable bonds is 3. The topological polar surface area (TPSA) is 77.4 Å². The largest absolute Gasteiger partial charge is 0.397 e. The van der Waals surface area contributed by atoms with Crippen molar-refractivity contribution in [3.63, 3.8) is 0 Å². The van der Waals surface area contributed by atoms with Gasteiger partial charge >= 0.3 is 0 Å². The second kappa shape index (κ2) is 5.28. The van der Waals surface area contributed by atoms with Gasteiger partial charge in [0.1, 0.15) is 11.0 Å². The molecule has 2 aromatic heterocycles. The van der Waals surface area contributed by atoms with Gasteiger partial charge in [0, 0.05) is 13.1 Å². The Balaban J connectivity index is 1.79. The highest BCUT2D eigenvalue weighted by molar-refractivity contribution is 7.14. The summed E-state index contributed by atoms with van der Waals surface area (Å²) in [4.78, 5) is 7.54. The lowest BCUT2D eigenvalue weighted by atomic mass is 10.2. The highest BCUT2D eigenvalue weighted by Crippen LogP contribution is 2.31. The molecule has 1 fully saturated rings. The van der Waals surface area contributed by atoms with E-state index < -0.39 is 0 Å². The summed E-state index contributed by atoms with van der Waals surface area (Å²) >= 11 is 1.50. The molecule has 1 aliphatic heterocycles. The molecule has 1 aliphatic rings. The van der Waals surface area contributed by atoms with Crippen LogP contribution in [0.1, 0.15) is 18.9 Å². The highest BCUT2D eigenvalue weighted by atomic mass is 32.1. The Morgan fingerprint density at radius 2 is 2.47 bits per heavy atom. The molecule has 6 nitrogen and oxygen atoms in total. The minimum atomic E-state index is -0.118. The van der Waals surface area contributed by atoms with Crippen molar-refractivity contribution < 1.29 is 9.26 Å². The summed E-state index contributed by atoms with van der Waals surface area (Å²) in [6, 6.07) is 1.83. The van der Waals surface area contributed by atoms with Crippen LogP contribution >= 0.6 is 11.3 Å². The van der Waals surface area contributed by atoms with E-state index in [0.29, 0.717) is 24.0 Å². The Morgan fingerprint density at radius 1 is 1.58 bits per heavy atom. The Kier molecular flexibility index (Phi) is 3.50. The normalized spacial score (nSPS) is 20.8. The smallest absolute Gasteiger partial charge is 0.270 e. The van der Waals surface area contributed by atoms with Crippen molar-refractivity contribution in [3.8, 4) is 10.8 Å². The Labute approximate surface area is 115 Å². The molecule has 1 unspecified atom stereocenters. The molecule has 0 amide bonds. The van der Waals surface area contributed by atoms with Gasteiger partial charge in [-0.1, -0.05) is 12.1 Å². The van der Waals surface area contributed by atoms with Gasteiger partial charge in [0.25, 0.3) is 5.89 Å². The number of nitrogen functional groups attached to an aromatic ring is 1. The lowest BCUT2D eigenvalue weighted by Gasteiger charge is -2.30. The van der Waals surface area contributed by atoms with E-state index in [1.165, 1.54) is 11.3 Å². The lowest BCUT2D eigenvalue weighted by molar-refractivity contribution is -0.0334. The third-order valence-corrected chi connectivity index (χ3v) is 4.14. The molecule has 0 aliphatic carbocycles. The van der Waals surface area contributed by atoms with E-state index in [0.717, 1.165) is 24.5 Å². The van der Waals surface area contributed by atoms with Crippen LogP contribution in [0.2, 0.25) is 0 Å². The number of ether oxygens (including phenoxy) is 1. The molecule has 1 saturated heterocycles. The summed E-state index contributed by atoms with van der Waals surface area (Å²) in [5, 5.41) is 5.93. The van der Waals surface area contributed by atoms with Crippen molar-refractivity contribution in [1.29, 1.82) is 0 Å². The van der Waals surface area contributed by atoms with E-state index in [2.05, 4.69) is 22.0 Å². The molecule has 3 heterocycles. The van der Waals surface area contributed by atoms with Gasteiger partial charge in [0.15, 0.2) is 0 Å². The summed E-state index contributed by atoms with van der Waals surface area (Å²) in [6.45, 7) is 5.59. The van der Waals surface area contributed by atoms with E-state index in [4.69, 9.17) is 15.0 Å². The maximum Gasteiger partial charge on any atom is 0.270 e. The molecular weight excluding hydrogens is 264 g/mol. The molecule has 3 rings (SSSR count). The Bertz CT molecular complexity index is 553. The Morgan fingerprint density at radius 3 is 3.21 bits per heavy atom. The van der Waals surface area contributed by atoms with Crippen LogP contribution in [0, 0.1) is 0 Å². The van der Waals surface area contributed by atoms with Crippen molar-refractivity contribution >= 4 is 17.0 Å². The summed E-state index contributed by atoms with van der Waals surface area (Å²) in [5.41, 5.74) is 6.51. The minimum Gasteiger partial charge on any atom is -0.397 e. The maximum absolute atomic E-state index is 5.85. The van der Waals surface area contributed by atoms with Crippen molar-refractivity contribution in [2.75, 3.05) is 32.0 Å². The van der Waals surface area contributed by atoms with Gasteiger partial charge in [-0.25, -0.2) is 0 Å². The zero-order valence-electron chi connectivity index (χ0n) is 10.7. The van der Waals surface area contributed by atoms with E-state index >= 15 is 0 Å². The monoisotopic (exact) mass is 280 g/mol. The zero-order valence-corrected chi connectivity index (χ0v) is 11.5. The molecule has 2 aromatic rings. The van der Waals surface area contributed by atoms with E-state index in [1.807, 2.05) is 11.4 Å². The second-order valence-electron chi connectivity index (χ2n) is 4.42. The summed E-state index contributed by atoms with van der Waals surface area (Å²) in [6.07, 6.45) is -0.118. The lowest BCUT2D eigenvalue weighted by Crippen LogP contribution is -2.38. The number of hydrogen-bond acceptors (Lipinski definition) is 7. The van der Waals surface area contributed by atoms with Crippen LogP contribution in [0.5, 0.6) is 0 Å². The minimum absolute atomic E-state index is 0.118. The van der Waals surface area contributed by atoms with Gasteiger partial charge in [-0.05, 0) is 18.0 Å². The van der Waals surface area contributed by atoms with E-state index in [9.17, 15) is 0 Å². The Hall–Kier alpha value is -1.44. The maximum atomic E-state index is 5.85. The van der Waals surface area contributed by atoms with Gasteiger partial charge in [-0.3, -0.25) is 4.90 Å². The predicted octanol–water partition coefficient (Wildman–Crippen LogP) is 1.77. The first-order valence-corrected chi connectivity index (χ1v) is 7.16. The molecule has 0 spiro atoms. The first-order valence-electron chi connectivity index (χ1n) is 6.29. The van der Waals surface area contributed by atoms with Gasteiger partial charge < -0.3 is 15.0 Å². The van der Waals surface area contributed by atoms with Crippen molar-refractivity contribution in [2.45, 2.75) is 13.0 Å². The van der Waals surface area contributed by atoms with Gasteiger partial charge in [-0.15, -0.1) is 11.3 Å². The van der Waals surface area contributed by atoms with Crippen molar-refractivity contribution in [1.82, 2.24) is 15.0 Å². The van der Waals surface area contributed by atoms with E-state index in [1.54, 1.807) is 0 Å². The number of nitrogens with zero attached hydrogens (tertiary/aromatic N) is 3. The summed E-state index contributed by atoms with van der Waals surface area (Å²) in [5.74, 6) is 1.07. The molecule has 2 N–H and O–H groups in total. The average Bonchev–Trinajstić information content (AvgIpc) is 3.07. The van der Waals surface area contributed by atoms with Crippen LogP contribution in [0.25, 0.3) is 10.8 Å². The first-order chi connectivity index (χ1) is 9.28. The number of morpholine rings is 1. The number of thiophene rings is 1. The van der Waals surface area contributed by atoms with Gasteiger partial charge in [0.05, 0.1) is 12.3 Å². The SMILES string of the molecule is CCN1CCOC(c2noc(-c3sccc3N)n2)C1. The fourth-order valence-electron chi connectivity index (χ4n) is 2.10. The van der Waals surface area contributed by atoms with Crippen LogP contribution < -0.4 is 5.73 Å². The molecular formula is C12H16N4O2S. The highest BCUT2D eigenvalue weighted by Gasteiger charge is 2.26. The number of likely N-dealkylation sites (N-methyl/N-ethyl adjacent to an activating group) is 1. The first kappa shape index (κ1) is 12.6. The standard InChI is InChI=1S/C12H16N4O2S/c1-2-16-4-5-17-9(7-16)11-14-12(18-15-11)10-8(13)3-6-19-10/h3,6,9H,2,4-5,7,13H2,1H3. The molecule has 19 heavy (non-hydrogen) atoms. The molecule has 1 atom stereocenters. The van der Waals surface area contributed by atoms with Crippen LogP contribution in [0.4, 0.5) is 5.69 Å². The van der Waals surface area contributed by atoms with Crippen molar-refractivity contribution in [3.05, 3.63) is 17.3 Å². The van der Waals surface area contributed by atoms with Crippen molar-refractivity contribution in [2.24, 2.45) is 0 Å². The van der Waals surface area contributed by atoms with Crippen LogP contribution in [0.3, 0.4) is 0 Å². The van der Waals surface area contributed by atoms with E-state index in [-0.39, 0.29) is 6.10 Å². The molecule has 7 heteroatoms. The quantitative estimate of drug-likeness (QED) is 0.923. The number of hydrogen-bond donors (Lipinski definition) is 1. The van der Waals surface area contributed by atoms with Crippen LogP contribution in [-0.2, 0) is 4.74 Å². The summed E-state index contributed by atoms with van der Waals surface area (Å²) < 4.78 is 11.0. The number of nitrogens with two attached hydrogens (primary N) is 1. The fourth-order valence-corrected chi connectivity index (χ4v) is 2.84. The third-order valence-electron chi connectivity index (χ3n) is 3.22.